The summed E-state index contributed by atoms with van der Waals surface area (Å²) in [5, 5.41) is 0. The van der Waals surface area contributed by atoms with Crippen molar-refractivity contribution in [3.8, 4) is 5.75 Å². The zero-order valence-electron chi connectivity index (χ0n) is 12.5. The van der Waals surface area contributed by atoms with Crippen molar-refractivity contribution in [2.24, 2.45) is 0 Å². The van der Waals surface area contributed by atoms with E-state index in [9.17, 15) is 4.79 Å². The molecule has 0 bridgehead atoms. The third-order valence-corrected chi connectivity index (χ3v) is 3.79. The summed E-state index contributed by atoms with van der Waals surface area (Å²) in [6.07, 6.45) is 0. The first kappa shape index (κ1) is 13.7. The first-order valence-electron chi connectivity index (χ1n) is 7.11. The molecule has 0 saturated carbocycles. The minimum Gasteiger partial charge on any atom is -0.491 e. The van der Waals surface area contributed by atoms with Gasteiger partial charge in [-0.3, -0.25) is 4.79 Å². The average molecular weight is 285 g/mol. The third kappa shape index (κ3) is 2.51. The van der Waals surface area contributed by atoms with Gasteiger partial charge in [0, 0.05) is 11.3 Å². The molecule has 1 amide bonds. The Morgan fingerprint density at radius 2 is 2.14 bits per heavy atom. The second kappa shape index (κ2) is 5.24. The third-order valence-electron chi connectivity index (χ3n) is 3.79. The van der Waals surface area contributed by atoms with Gasteiger partial charge in [0.25, 0.3) is 5.91 Å². The molecule has 1 aromatic carbocycles. The van der Waals surface area contributed by atoms with Gasteiger partial charge in [0.05, 0.1) is 12.6 Å². The van der Waals surface area contributed by atoms with Crippen molar-refractivity contribution < 1.29 is 9.53 Å². The molecule has 2 heterocycles. The fraction of sp³-hybridized carbons (Fsp3) is 0.375. The number of imidazole rings is 1. The maximum Gasteiger partial charge on any atom is 0.274 e. The molecule has 110 valence electrons. The zero-order valence-corrected chi connectivity index (χ0v) is 12.5. The van der Waals surface area contributed by atoms with Crippen molar-refractivity contribution in [3.05, 3.63) is 47.0 Å². The molecule has 0 radical (unpaired) electrons. The summed E-state index contributed by atoms with van der Waals surface area (Å²) in [6.45, 7) is 6.76. The number of aryl methyl sites for hydroxylation is 2. The second-order valence-electron chi connectivity index (χ2n) is 5.50. The number of aromatic amines is 1. The van der Waals surface area contributed by atoms with E-state index in [1.807, 2.05) is 49.9 Å². The van der Waals surface area contributed by atoms with E-state index in [4.69, 9.17) is 4.74 Å². The van der Waals surface area contributed by atoms with Crippen molar-refractivity contribution in [3.63, 3.8) is 0 Å². The van der Waals surface area contributed by atoms with Gasteiger partial charge in [0.2, 0.25) is 0 Å². The standard InChI is InChI=1S/C16H19N3O2/c1-10-9-21-14-7-5-4-6-13(14)8-19(10)16(20)15-11(2)17-12(3)18-15/h4-7,10H,8-9H2,1-3H3,(H,17,18). The Hall–Kier alpha value is -2.30. The van der Waals surface area contributed by atoms with Crippen LogP contribution in [0, 0.1) is 13.8 Å². The highest BCUT2D eigenvalue weighted by Crippen LogP contribution is 2.26. The van der Waals surface area contributed by atoms with Crippen LogP contribution in [0.4, 0.5) is 0 Å². The van der Waals surface area contributed by atoms with Gasteiger partial charge in [-0.05, 0) is 26.8 Å². The van der Waals surface area contributed by atoms with Gasteiger partial charge >= 0.3 is 0 Å². The van der Waals surface area contributed by atoms with Crippen LogP contribution in [0.15, 0.2) is 24.3 Å². The zero-order chi connectivity index (χ0) is 15.0. The largest absolute Gasteiger partial charge is 0.491 e. The quantitative estimate of drug-likeness (QED) is 0.875. The van der Waals surface area contributed by atoms with Gasteiger partial charge in [0.1, 0.15) is 23.9 Å². The smallest absolute Gasteiger partial charge is 0.274 e. The number of H-pyrrole nitrogens is 1. The Bertz CT molecular complexity index is 678. The highest BCUT2D eigenvalue weighted by Gasteiger charge is 2.28. The minimum absolute atomic E-state index is 0.00121. The summed E-state index contributed by atoms with van der Waals surface area (Å²) in [7, 11) is 0. The van der Waals surface area contributed by atoms with E-state index in [1.165, 1.54) is 0 Å². The SMILES string of the molecule is Cc1nc(C(=O)N2Cc3ccccc3OCC2C)c(C)[nH]1. The Morgan fingerprint density at radius 1 is 1.38 bits per heavy atom. The molecule has 5 nitrogen and oxygen atoms in total. The molecule has 1 unspecified atom stereocenters. The Balaban J connectivity index is 1.93. The van der Waals surface area contributed by atoms with E-state index in [0.29, 0.717) is 18.8 Å². The number of ether oxygens (including phenoxy) is 1. The van der Waals surface area contributed by atoms with Crippen molar-refractivity contribution in [2.75, 3.05) is 6.61 Å². The molecule has 0 fully saturated rings. The lowest BCUT2D eigenvalue weighted by Gasteiger charge is -2.25. The molecule has 1 atom stereocenters. The van der Waals surface area contributed by atoms with E-state index in [2.05, 4.69) is 9.97 Å². The van der Waals surface area contributed by atoms with Gasteiger partial charge in [-0.15, -0.1) is 0 Å². The van der Waals surface area contributed by atoms with Crippen LogP contribution in [-0.4, -0.2) is 33.4 Å². The number of amides is 1. The molecule has 1 N–H and O–H groups in total. The molecule has 1 aliphatic heterocycles. The molecule has 5 heteroatoms. The van der Waals surface area contributed by atoms with Gasteiger partial charge in [-0.2, -0.15) is 0 Å². The van der Waals surface area contributed by atoms with Crippen LogP contribution >= 0.6 is 0 Å². The highest BCUT2D eigenvalue weighted by atomic mass is 16.5. The Kier molecular flexibility index (Phi) is 3.41. The van der Waals surface area contributed by atoms with Crippen molar-refractivity contribution in [1.82, 2.24) is 14.9 Å². The summed E-state index contributed by atoms with van der Waals surface area (Å²) in [6, 6.07) is 7.85. The molecule has 2 aromatic rings. The maximum absolute atomic E-state index is 12.8. The van der Waals surface area contributed by atoms with Crippen LogP contribution in [0.1, 0.15) is 34.5 Å². The molecular weight excluding hydrogens is 266 g/mol. The van der Waals surface area contributed by atoms with E-state index in [-0.39, 0.29) is 11.9 Å². The molecule has 0 spiro atoms. The van der Waals surface area contributed by atoms with Gasteiger partial charge in [0.15, 0.2) is 0 Å². The lowest BCUT2D eigenvalue weighted by molar-refractivity contribution is 0.0639. The minimum atomic E-state index is -0.0512. The van der Waals surface area contributed by atoms with E-state index in [1.54, 1.807) is 0 Å². The topological polar surface area (TPSA) is 58.2 Å². The van der Waals surface area contributed by atoms with E-state index >= 15 is 0 Å². The fourth-order valence-corrected chi connectivity index (χ4v) is 2.64. The van der Waals surface area contributed by atoms with Crippen LogP contribution in [0.2, 0.25) is 0 Å². The molecule has 0 aliphatic carbocycles. The van der Waals surface area contributed by atoms with Crippen molar-refractivity contribution >= 4 is 5.91 Å². The van der Waals surface area contributed by atoms with Crippen molar-refractivity contribution in [2.45, 2.75) is 33.4 Å². The predicted octanol–water partition coefficient (Wildman–Crippen LogP) is 2.45. The number of hydrogen-bond acceptors (Lipinski definition) is 3. The van der Waals surface area contributed by atoms with Crippen molar-refractivity contribution in [1.29, 1.82) is 0 Å². The lowest BCUT2D eigenvalue weighted by atomic mass is 10.1. The Morgan fingerprint density at radius 3 is 2.86 bits per heavy atom. The van der Waals surface area contributed by atoms with Crippen LogP contribution < -0.4 is 4.74 Å². The predicted molar refractivity (Wildman–Crippen MR) is 79.3 cm³/mol. The Labute approximate surface area is 124 Å². The molecule has 21 heavy (non-hydrogen) atoms. The van der Waals surface area contributed by atoms with Gasteiger partial charge < -0.3 is 14.6 Å². The summed E-state index contributed by atoms with van der Waals surface area (Å²) in [5.41, 5.74) is 2.34. The fourth-order valence-electron chi connectivity index (χ4n) is 2.64. The number of benzene rings is 1. The van der Waals surface area contributed by atoms with Gasteiger partial charge in [-0.1, -0.05) is 18.2 Å². The summed E-state index contributed by atoms with van der Waals surface area (Å²) in [4.78, 5) is 22.0. The normalized spacial score (nSPS) is 17.9. The molecule has 0 saturated heterocycles. The molecule has 1 aliphatic rings. The number of fused-ring (bicyclic) bond motifs is 1. The van der Waals surface area contributed by atoms with Crippen LogP contribution in [0.5, 0.6) is 5.75 Å². The molecule has 1 aromatic heterocycles. The number of carbonyl (C=O) groups is 1. The number of para-hydroxylation sites is 1. The van der Waals surface area contributed by atoms with Gasteiger partial charge in [-0.25, -0.2) is 4.98 Å². The van der Waals surface area contributed by atoms with E-state index < -0.39 is 0 Å². The highest BCUT2D eigenvalue weighted by molar-refractivity contribution is 5.93. The lowest BCUT2D eigenvalue weighted by Crippen LogP contribution is -2.40. The summed E-state index contributed by atoms with van der Waals surface area (Å²) in [5.74, 6) is 1.56. The van der Waals surface area contributed by atoms with Crippen LogP contribution in [0.3, 0.4) is 0 Å². The number of hydrogen-bond donors (Lipinski definition) is 1. The average Bonchev–Trinajstić information content (AvgIpc) is 2.71. The van der Waals surface area contributed by atoms with Crippen LogP contribution in [-0.2, 0) is 6.54 Å². The first-order chi connectivity index (χ1) is 10.1. The molecule has 3 rings (SSSR count). The monoisotopic (exact) mass is 285 g/mol. The number of carbonyl (C=O) groups excluding carboxylic acids is 1. The summed E-state index contributed by atoms with van der Waals surface area (Å²) < 4.78 is 5.79. The first-order valence-corrected chi connectivity index (χ1v) is 7.11. The maximum atomic E-state index is 12.8. The van der Waals surface area contributed by atoms with E-state index in [0.717, 1.165) is 22.8 Å². The number of aromatic nitrogens is 2. The second-order valence-corrected chi connectivity index (χ2v) is 5.50. The summed E-state index contributed by atoms with van der Waals surface area (Å²) >= 11 is 0. The number of nitrogens with zero attached hydrogens (tertiary/aromatic N) is 2. The van der Waals surface area contributed by atoms with Crippen LogP contribution in [0.25, 0.3) is 0 Å². The number of nitrogens with one attached hydrogen (secondary N) is 1. The molecular formula is C16H19N3O2. The number of rotatable bonds is 1.